The lowest BCUT2D eigenvalue weighted by atomic mass is 9.97. The van der Waals surface area contributed by atoms with Crippen molar-refractivity contribution in [1.82, 2.24) is 9.97 Å². The van der Waals surface area contributed by atoms with Crippen LogP contribution in [0.4, 0.5) is 17.1 Å². The fourth-order valence-corrected chi connectivity index (χ4v) is 7.55. The molecule has 0 amide bonds. The van der Waals surface area contributed by atoms with E-state index in [2.05, 4.69) is 130 Å². The molecular formula is C46H27N3O3. The Morgan fingerprint density at radius 1 is 0.385 bits per heavy atom. The predicted molar refractivity (Wildman–Crippen MR) is 209 cm³/mol. The van der Waals surface area contributed by atoms with Crippen LogP contribution in [0.5, 0.6) is 0 Å². The summed E-state index contributed by atoms with van der Waals surface area (Å²) in [6, 6.07) is 52.1. The standard InChI is InChI=1S/C46H27N3O3/c1-3-9-35-33(7-1)34-8-2-4-10-36(34)46-45(35)37-22-21-32(25-44(37)52-46)49(30-17-13-28(14-18-30)42-26-38-40(50-42)11-5-23-47-38)31-19-15-29(16-20-31)43-27-39-41(51-43)12-6-24-48-39/h1-27H. The van der Waals surface area contributed by atoms with E-state index in [1.165, 1.54) is 16.2 Å². The smallest absolute Gasteiger partial charge is 0.153 e. The van der Waals surface area contributed by atoms with Gasteiger partial charge in [-0.2, -0.15) is 0 Å². The number of benzene rings is 6. The molecule has 244 valence electrons. The van der Waals surface area contributed by atoms with Gasteiger partial charge in [0.1, 0.15) is 33.7 Å². The van der Waals surface area contributed by atoms with Crippen LogP contribution >= 0.6 is 0 Å². The van der Waals surface area contributed by atoms with Gasteiger partial charge in [0.25, 0.3) is 0 Å². The molecule has 5 heterocycles. The van der Waals surface area contributed by atoms with E-state index in [9.17, 15) is 0 Å². The molecule has 52 heavy (non-hydrogen) atoms. The van der Waals surface area contributed by atoms with E-state index < -0.39 is 0 Å². The number of aromatic nitrogens is 2. The van der Waals surface area contributed by atoms with Crippen molar-refractivity contribution >= 4 is 82.7 Å². The highest BCUT2D eigenvalue weighted by molar-refractivity contribution is 6.30. The summed E-state index contributed by atoms with van der Waals surface area (Å²) in [6.45, 7) is 0. The first kappa shape index (κ1) is 28.6. The molecule has 0 aliphatic carbocycles. The van der Waals surface area contributed by atoms with Crippen molar-refractivity contribution in [1.29, 1.82) is 0 Å². The third kappa shape index (κ3) is 4.44. The van der Waals surface area contributed by atoms with Gasteiger partial charge >= 0.3 is 0 Å². The first-order valence-electron chi connectivity index (χ1n) is 17.2. The van der Waals surface area contributed by atoms with Crippen molar-refractivity contribution in [3.63, 3.8) is 0 Å². The maximum atomic E-state index is 6.78. The molecule has 0 atom stereocenters. The average Bonchev–Trinajstić information content (AvgIpc) is 3.94. The number of furan rings is 3. The molecule has 6 aromatic carbocycles. The quantitative estimate of drug-likeness (QED) is 0.170. The largest absolute Gasteiger partial charge is 0.455 e. The third-order valence-corrected chi connectivity index (χ3v) is 9.99. The summed E-state index contributed by atoms with van der Waals surface area (Å²) in [5.74, 6) is 1.55. The SMILES string of the molecule is c1cnc2cc(-c3ccc(N(c4ccc(-c5cc6ncccc6o5)cc4)c4ccc5c(c4)oc4c6ccccc6c6ccccc6c54)cc3)oc2c1. The van der Waals surface area contributed by atoms with Crippen molar-refractivity contribution in [2.75, 3.05) is 4.90 Å². The lowest BCUT2D eigenvalue weighted by Gasteiger charge is -2.25. The van der Waals surface area contributed by atoms with Crippen LogP contribution in [-0.4, -0.2) is 9.97 Å². The lowest BCUT2D eigenvalue weighted by molar-refractivity contribution is 0.631. The number of anilines is 3. The molecule has 0 N–H and O–H groups in total. The number of hydrogen-bond donors (Lipinski definition) is 0. The highest BCUT2D eigenvalue weighted by atomic mass is 16.3. The molecule has 0 saturated heterocycles. The zero-order valence-electron chi connectivity index (χ0n) is 27.7. The van der Waals surface area contributed by atoms with E-state index in [0.717, 1.165) is 89.2 Å². The van der Waals surface area contributed by atoms with E-state index in [4.69, 9.17) is 13.3 Å². The van der Waals surface area contributed by atoms with Gasteiger partial charge in [0, 0.05) is 74.9 Å². The molecule has 5 aromatic heterocycles. The molecule has 11 aromatic rings. The van der Waals surface area contributed by atoms with Gasteiger partial charge in [-0.15, -0.1) is 0 Å². The number of hydrogen-bond acceptors (Lipinski definition) is 6. The van der Waals surface area contributed by atoms with Crippen LogP contribution < -0.4 is 4.90 Å². The lowest BCUT2D eigenvalue weighted by Crippen LogP contribution is -2.09. The fraction of sp³-hybridized carbons (Fsp3) is 0. The highest BCUT2D eigenvalue weighted by Crippen LogP contribution is 2.44. The molecule has 0 spiro atoms. The topological polar surface area (TPSA) is 68.4 Å². The van der Waals surface area contributed by atoms with E-state index in [0.29, 0.717) is 0 Å². The van der Waals surface area contributed by atoms with Gasteiger partial charge in [-0.1, -0.05) is 48.5 Å². The first-order valence-corrected chi connectivity index (χ1v) is 17.2. The molecule has 6 heteroatoms. The second-order valence-electron chi connectivity index (χ2n) is 13.0. The number of pyridine rings is 2. The Kier molecular flexibility index (Phi) is 6.15. The first-order chi connectivity index (χ1) is 25.7. The molecule has 0 aliphatic rings. The summed E-state index contributed by atoms with van der Waals surface area (Å²) >= 11 is 0. The molecule has 0 saturated carbocycles. The van der Waals surface area contributed by atoms with Crippen LogP contribution in [0.3, 0.4) is 0 Å². The van der Waals surface area contributed by atoms with E-state index >= 15 is 0 Å². The minimum absolute atomic E-state index is 0.767. The van der Waals surface area contributed by atoms with Crippen LogP contribution in [-0.2, 0) is 0 Å². The monoisotopic (exact) mass is 669 g/mol. The molecule has 0 bridgehead atoms. The average molecular weight is 670 g/mol. The second-order valence-corrected chi connectivity index (χ2v) is 13.0. The Balaban J connectivity index is 1.06. The normalized spacial score (nSPS) is 11.8. The Hall–Kier alpha value is -7.18. The van der Waals surface area contributed by atoms with Crippen molar-refractivity contribution in [2.45, 2.75) is 0 Å². The van der Waals surface area contributed by atoms with Crippen molar-refractivity contribution < 1.29 is 13.3 Å². The van der Waals surface area contributed by atoms with E-state index in [-0.39, 0.29) is 0 Å². The Labute approximate surface area is 296 Å². The highest BCUT2D eigenvalue weighted by Gasteiger charge is 2.20. The number of nitrogens with zero attached hydrogens (tertiary/aromatic N) is 3. The van der Waals surface area contributed by atoms with Gasteiger partial charge in [0.15, 0.2) is 11.2 Å². The molecule has 0 aliphatic heterocycles. The van der Waals surface area contributed by atoms with E-state index in [1.54, 1.807) is 12.4 Å². The molecule has 6 nitrogen and oxygen atoms in total. The minimum atomic E-state index is 0.767. The summed E-state index contributed by atoms with van der Waals surface area (Å²) in [6.07, 6.45) is 3.56. The van der Waals surface area contributed by atoms with Crippen LogP contribution in [0, 0.1) is 0 Å². The van der Waals surface area contributed by atoms with Crippen LogP contribution in [0.1, 0.15) is 0 Å². The van der Waals surface area contributed by atoms with Gasteiger partial charge in [-0.25, -0.2) is 0 Å². The molecule has 0 fully saturated rings. The zero-order chi connectivity index (χ0) is 34.2. The molecule has 11 rings (SSSR count). The van der Waals surface area contributed by atoms with Gasteiger partial charge in [0.2, 0.25) is 0 Å². The summed E-state index contributed by atoms with van der Waals surface area (Å²) < 4.78 is 19.1. The molecule has 0 unspecified atom stereocenters. The predicted octanol–water partition coefficient (Wildman–Crippen LogP) is 13.0. The van der Waals surface area contributed by atoms with Gasteiger partial charge in [0.05, 0.1) is 0 Å². The summed E-state index contributed by atoms with van der Waals surface area (Å²) in [7, 11) is 0. The van der Waals surface area contributed by atoms with E-state index in [1.807, 2.05) is 36.4 Å². The second kappa shape index (κ2) is 11.2. The van der Waals surface area contributed by atoms with Crippen molar-refractivity contribution in [2.24, 2.45) is 0 Å². The third-order valence-electron chi connectivity index (χ3n) is 9.99. The maximum absolute atomic E-state index is 6.78. The fourth-order valence-electron chi connectivity index (χ4n) is 7.55. The Bertz CT molecular complexity index is 2950. The van der Waals surface area contributed by atoms with Gasteiger partial charge in [-0.05, 0) is 101 Å². The van der Waals surface area contributed by atoms with Gasteiger partial charge in [-0.3, -0.25) is 9.97 Å². The Morgan fingerprint density at radius 2 is 0.904 bits per heavy atom. The van der Waals surface area contributed by atoms with Crippen LogP contribution in [0.15, 0.2) is 177 Å². The Morgan fingerprint density at radius 3 is 1.48 bits per heavy atom. The number of fused-ring (bicyclic) bond motifs is 10. The zero-order valence-corrected chi connectivity index (χ0v) is 27.7. The van der Waals surface area contributed by atoms with Crippen molar-refractivity contribution in [3.8, 4) is 22.6 Å². The number of rotatable bonds is 5. The summed E-state index contributed by atoms with van der Waals surface area (Å²) in [5.41, 5.74) is 9.85. The van der Waals surface area contributed by atoms with Gasteiger partial charge < -0.3 is 18.2 Å². The molecular weight excluding hydrogens is 643 g/mol. The summed E-state index contributed by atoms with van der Waals surface area (Å²) in [4.78, 5) is 11.1. The summed E-state index contributed by atoms with van der Waals surface area (Å²) in [5, 5.41) is 6.93. The maximum Gasteiger partial charge on any atom is 0.153 e. The molecule has 0 radical (unpaired) electrons. The van der Waals surface area contributed by atoms with Crippen molar-refractivity contribution in [3.05, 3.63) is 164 Å². The minimum Gasteiger partial charge on any atom is -0.455 e. The van der Waals surface area contributed by atoms with Crippen LogP contribution in [0.2, 0.25) is 0 Å². The van der Waals surface area contributed by atoms with Crippen LogP contribution in [0.25, 0.3) is 88.3 Å².